The molecule has 1 aliphatic rings. The smallest absolute Gasteiger partial charge is 0.256 e. The maximum atomic E-state index is 13.0. The van der Waals surface area contributed by atoms with Crippen molar-refractivity contribution in [2.24, 2.45) is 0 Å². The Morgan fingerprint density at radius 2 is 1.90 bits per heavy atom. The van der Waals surface area contributed by atoms with Crippen molar-refractivity contribution < 1.29 is 19.2 Å². The molecule has 162 valence electrons. The van der Waals surface area contributed by atoms with Crippen LogP contribution < -0.4 is 15.0 Å². The van der Waals surface area contributed by atoms with Crippen LogP contribution in [0.2, 0.25) is 0 Å². The average molecular weight is 439 g/mol. The number of nitrogens with zero attached hydrogens (tertiary/aromatic N) is 1. The maximum Gasteiger partial charge on any atom is 0.256 e. The summed E-state index contributed by atoms with van der Waals surface area (Å²) in [6.45, 7) is 7.52. The van der Waals surface area contributed by atoms with Gasteiger partial charge in [0.2, 0.25) is 0 Å². The number of pyridine rings is 1. The van der Waals surface area contributed by atoms with Gasteiger partial charge in [0.15, 0.2) is 6.04 Å². The fourth-order valence-electron chi connectivity index (χ4n) is 4.03. The van der Waals surface area contributed by atoms with Crippen LogP contribution in [0, 0.1) is 13.8 Å². The Labute approximate surface area is 186 Å². The van der Waals surface area contributed by atoms with Crippen molar-refractivity contribution in [3.8, 4) is 5.75 Å². The molecule has 0 radical (unpaired) electrons. The van der Waals surface area contributed by atoms with Crippen molar-refractivity contribution in [3.63, 3.8) is 0 Å². The number of carbonyl (C=O) groups is 1. The summed E-state index contributed by atoms with van der Waals surface area (Å²) in [4.78, 5) is 20.3. The van der Waals surface area contributed by atoms with E-state index < -0.39 is 0 Å². The van der Waals surface area contributed by atoms with E-state index >= 15 is 0 Å². The van der Waals surface area contributed by atoms with Crippen LogP contribution in [-0.2, 0) is 4.74 Å². The molecule has 0 aliphatic carbocycles. The number of rotatable bonds is 6. The maximum absolute atomic E-state index is 13.0. The van der Waals surface area contributed by atoms with Crippen LogP contribution in [0.25, 0.3) is 0 Å². The van der Waals surface area contributed by atoms with Gasteiger partial charge in [-0.1, -0.05) is 6.07 Å². The molecule has 4 rings (SSSR count). The van der Waals surface area contributed by atoms with Crippen LogP contribution in [0.1, 0.15) is 38.1 Å². The highest BCUT2D eigenvalue weighted by Gasteiger charge is 2.34. The Hall–Kier alpha value is -2.74. The Kier molecular flexibility index (Phi) is 6.65. The lowest BCUT2D eigenvalue weighted by Gasteiger charge is -2.32. The molecule has 1 saturated heterocycles. The minimum atomic E-state index is -0.123. The van der Waals surface area contributed by atoms with E-state index in [2.05, 4.69) is 25.2 Å². The number of quaternary nitrogens is 1. The summed E-state index contributed by atoms with van der Waals surface area (Å²) in [6.07, 6.45) is 1.84. The summed E-state index contributed by atoms with van der Waals surface area (Å²) in [5.41, 5.74) is 3.98. The fraction of sp³-hybridized carbons (Fsp3) is 0.333. The molecule has 2 aromatic heterocycles. The quantitative estimate of drug-likeness (QED) is 0.621. The second-order valence-electron chi connectivity index (χ2n) is 7.67. The summed E-state index contributed by atoms with van der Waals surface area (Å²) in [7, 11) is 1.62. The van der Waals surface area contributed by atoms with Gasteiger partial charge in [-0.25, -0.2) is 0 Å². The molecule has 1 atom stereocenters. The van der Waals surface area contributed by atoms with Crippen molar-refractivity contribution in [2.75, 3.05) is 38.7 Å². The van der Waals surface area contributed by atoms with Crippen molar-refractivity contribution >= 4 is 22.2 Å². The van der Waals surface area contributed by atoms with E-state index in [4.69, 9.17) is 14.5 Å². The van der Waals surface area contributed by atoms with Crippen molar-refractivity contribution in [1.82, 2.24) is 4.98 Å². The zero-order valence-corrected chi connectivity index (χ0v) is 18.9. The first-order valence-corrected chi connectivity index (χ1v) is 11.3. The number of ether oxygens (including phenoxy) is 2. The van der Waals surface area contributed by atoms with Gasteiger partial charge in [0.05, 0.1) is 25.9 Å². The van der Waals surface area contributed by atoms with E-state index in [1.54, 1.807) is 42.7 Å². The highest BCUT2D eigenvalue weighted by atomic mass is 32.1. The Morgan fingerprint density at radius 3 is 2.55 bits per heavy atom. The van der Waals surface area contributed by atoms with E-state index in [9.17, 15) is 4.79 Å². The van der Waals surface area contributed by atoms with E-state index in [0.717, 1.165) is 48.3 Å². The SMILES string of the molecule is COc1ccc(C(=O)Nc2sc(C)c(C)c2C(c2ccccn2)[NH+]2CCOCC2)cc1. The predicted octanol–water partition coefficient (Wildman–Crippen LogP) is 3.03. The Balaban J connectivity index is 1.71. The topological polar surface area (TPSA) is 64.9 Å². The zero-order valence-electron chi connectivity index (χ0n) is 18.1. The zero-order chi connectivity index (χ0) is 21.8. The lowest BCUT2D eigenvalue weighted by Crippen LogP contribution is -3.14. The third-order valence-corrected chi connectivity index (χ3v) is 6.97. The third-order valence-electron chi connectivity index (χ3n) is 5.83. The molecular weight excluding hydrogens is 410 g/mol. The van der Waals surface area contributed by atoms with Crippen LogP contribution >= 0.6 is 11.3 Å². The first-order chi connectivity index (χ1) is 15.1. The monoisotopic (exact) mass is 438 g/mol. The average Bonchev–Trinajstić information content (AvgIpc) is 3.08. The number of methoxy groups -OCH3 is 1. The van der Waals surface area contributed by atoms with Gasteiger partial charge >= 0.3 is 0 Å². The molecule has 1 fully saturated rings. The van der Waals surface area contributed by atoms with E-state index in [-0.39, 0.29) is 11.9 Å². The van der Waals surface area contributed by atoms with Gasteiger partial charge in [0.1, 0.15) is 29.5 Å². The largest absolute Gasteiger partial charge is 0.497 e. The van der Waals surface area contributed by atoms with E-state index in [0.29, 0.717) is 5.56 Å². The van der Waals surface area contributed by atoms with Gasteiger partial charge in [-0.3, -0.25) is 9.78 Å². The van der Waals surface area contributed by atoms with E-state index in [1.807, 2.05) is 18.3 Å². The minimum Gasteiger partial charge on any atom is -0.497 e. The van der Waals surface area contributed by atoms with Gasteiger partial charge in [-0.15, -0.1) is 11.3 Å². The number of thiophene rings is 1. The molecule has 3 heterocycles. The highest BCUT2D eigenvalue weighted by Crippen LogP contribution is 2.38. The predicted molar refractivity (Wildman–Crippen MR) is 122 cm³/mol. The van der Waals surface area contributed by atoms with Crippen molar-refractivity contribution in [3.05, 3.63) is 75.9 Å². The van der Waals surface area contributed by atoms with E-state index in [1.165, 1.54) is 15.3 Å². The standard InChI is InChI=1S/C24H27N3O3S/c1-16-17(2)31-24(26-23(28)18-7-9-19(29-3)10-8-18)21(16)22(20-6-4-5-11-25-20)27-12-14-30-15-13-27/h4-11,22H,12-15H2,1-3H3,(H,26,28)/p+1. The third kappa shape index (κ3) is 4.63. The van der Waals surface area contributed by atoms with Crippen LogP contribution in [0.15, 0.2) is 48.7 Å². The molecule has 2 N–H and O–H groups in total. The number of anilines is 1. The number of hydrogen-bond acceptors (Lipinski definition) is 5. The normalized spacial score (nSPS) is 15.5. The fourth-order valence-corrected chi connectivity index (χ4v) is 5.13. The number of hydrogen-bond donors (Lipinski definition) is 2. The molecule has 0 saturated carbocycles. The van der Waals surface area contributed by atoms with Gasteiger partial charge in [-0.2, -0.15) is 0 Å². The molecule has 7 heteroatoms. The summed E-state index contributed by atoms with van der Waals surface area (Å²) in [5.74, 6) is 0.605. The molecule has 31 heavy (non-hydrogen) atoms. The number of benzene rings is 1. The molecule has 1 aliphatic heterocycles. The van der Waals surface area contributed by atoms with Crippen LogP contribution in [0.5, 0.6) is 5.75 Å². The number of nitrogens with one attached hydrogen (secondary N) is 2. The molecule has 0 bridgehead atoms. The highest BCUT2D eigenvalue weighted by molar-refractivity contribution is 7.16. The second kappa shape index (κ2) is 9.60. The van der Waals surface area contributed by atoms with Gasteiger partial charge in [-0.05, 0) is 55.8 Å². The summed E-state index contributed by atoms with van der Waals surface area (Å²) < 4.78 is 10.8. The first kappa shape index (κ1) is 21.5. The van der Waals surface area contributed by atoms with Gasteiger partial charge in [0, 0.05) is 16.6 Å². The molecule has 3 aromatic rings. The molecule has 1 amide bonds. The van der Waals surface area contributed by atoms with Crippen molar-refractivity contribution in [2.45, 2.75) is 19.9 Å². The number of morpholine rings is 1. The number of amides is 1. The van der Waals surface area contributed by atoms with Crippen molar-refractivity contribution in [1.29, 1.82) is 0 Å². The summed E-state index contributed by atoms with van der Waals surface area (Å²) in [6, 6.07) is 13.3. The molecule has 6 nitrogen and oxygen atoms in total. The lowest BCUT2D eigenvalue weighted by atomic mass is 9.98. The minimum absolute atomic E-state index is 0.0428. The molecule has 1 aromatic carbocycles. The molecule has 0 spiro atoms. The van der Waals surface area contributed by atoms with Crippen LogP contribution in [0.4, 0.5) is 5.00 Å². The van der Waals surface area contributed by atoms with Gasteiger partial charge in [0.25, 0.3) is 5.91 Å². The Bertz CT molecular complexity index is 1030. The van der Waals surface area contributed by atoms with Crippen LogP contribution in [0.3, 0.4) is 0 Å². The number of aryl methyl sites for hydroxylation is 1. The van der Waals surface area contributed by atoms with Gasteiger partial charge < -0.3 is 19.7 Å². The summed E-state index contributed by atoms with van der Waals surface area (Å²) in [5, 5.41) is 4.08. The second-order valence-corrected chi connectivity index (χ2v) is 8.89. The first-order valence-electron chi connectivity index (χ1n) is 10.5. The number of carbonyl (C=O) groups excluding carboxylic acids is 1. The lowest BCUT2D eigenvalue weighted by molar-refractivity contribution is -0.933. The number of aromatic nitrogens is 1. The Morgan fingerprint density at radius 1 is 1.16 bits per heavy atom. The molecular formula is C24H28N3O3S+. The summed E-state index contributed by atoms with van der Waals surface area (Å²) >= 11 is 1.63. The van der Waals surface area contributed by atoms with Crippen LogP contribution in [-0.4, -0.2) is 44.3 Å². The molecule has 1 unspecified atom stereocenters.